The van der Waals surface area contributed by atoms with Crippen LogP contribution in [0.4, 0.5) is 4.79 Å². The molecule has 2 amide bonds. The molecule has 2 atom stereocenters. The maximum atomic E-state index is 12.2. The molecule has 2 heterocycles. The second kappa shape index (κ2) is 6.26. The van der Waals surface area contributed by atoms with Crippen LogP contribution in [0.5, 0.6) is 0 Å². The molecule has 2 N–H and O–H groups in total. The van der Waals surface area contributed by atoms with E-state index in [0.717, 1.165) is 17.5 Å². The van der Waals surface area contributed by atoms with E-state index >= 15 is 0 Å². The quantitative estimate of drug-likeness (QED) is 0.900. The molecule has 6 heteroatoms. The molecule has 1 aromatic heterocycles. The van der Waals surface area contributed by atoms with Crippen LogP contribution in [0, 0.1) is 12.8 Å². The Morgan fingerprint density at radius 1 is 1.50 bits per heavy atom. The highest BCUT2D eigenvalue weighted by atomic mass is 32.1. The van der Waals surface area contributed by atoms with E-state index in [0.29, 0.717) is 25.4 Å². The number of thiophene rings is 1. The van der Waals surface area contributed by atoms with Crippen molar-refractivity contribution in [1.82, 2.24) is 10.2 Å². The van der Waals surface area contributed by atoms with Crippen LogP contribution in [0.25, 0.3) is 0 Å². The normalized spacial score (nSPS) is 22.6. The molecule has 2 rings (SSSR count). The van der Waals surface area contributed by atoms with Crippen LogP contribution in [-0.2, 0) is 11.3 Å². The molecule has 110 valence electrons. The van der Waals surface area contributed by atoms with E-state index in [1.54, 1.807) is 11.3 Å². The Morgan fingerprint density at radius 2 is 2.25 bits per heavy atom. The molecule has 0 saturated carbocycles. The lowest BCUT2D eigenvalue weighted by atomic mass is 9.93. The number of piperidine rings is 1. The molecule has 2 unspecified atom stereocenters. The molecule has 0 aliphatic carbocycles. The van der Waals surface area contributed by atoms with Gasteiger partial charge in [-0.15, -0.1) is 0 Å². The minimum atomic E-state index is -0.918. The molecule has 5 nitrogen and oxygen atoms in total. The van der Waals surface area contributed by atoms with Crippen LogP contribution < -0.4 is 5.32 Å². The van der Waals surface area contributed by atoms with Crippen molar-refractivity contribution in [2.24, 2.45) is 5.92 Å². The maximum absolute atomic E-state index is 12.2. The molecular formula is C14H20N2O3S. The van der Waals surface area contributed by atoms with Crippen molar-refractivity contribution < 1.29 is 14.7 Å². The Morgan fingerprint density at radius 3 is 2.85 bits per heavy atom. The summed E-state index contributed by atoms with van der Waals surface area (Å²) in [5.74, 6) is -0.572. The Labute approximate surface area is 122 Å². The first kappa shape index (κ1) is 14.8. The number of hydrogen-bond donors (Lipinski definition) is 2. The third kappa shape index (κ3) is 3.30. The molecule has 1 fully saturated rings. The summed E-state index contributed by atoms with van der Waals surface area (Å²) >= 11 is 1.60. The van der Waals surface area contributed by atoms with Crippen molar-refractivity contribution >= 4 is 23.3 Å². The average Bonchev–Trinajstić information content (AvgIpc) is 2.81. The summed E-state index contributed by atoms with van der Waals surface area (Å²) in [5, 5.41) is 16.1. The van der Waals surface area contributed by atoms with Gasteiger partial charge in [0.25, 0.3) is 0 Å². The number of nitrogens with one attached hydrogen (secondary N) is 1. The number of carboxylic acid groups (broad SMARTS) is 1. The van der Waals surface area contributed by atoms with Crippen molar-refractivity contribution in [3.8, 4) is 0 Å². The summed E-state index contributed by atoms with van der Waals surface area (Å²) in [5.41, 5.74) is 2.23. The first-order chi connectivity index (χ1) is 9.49. The smallest absolute Gasteiger partial charge is 0.326 e. The molecular weight excluding hydrogens is 276 g/mol. The number of carbonyl (C=O) groups is 2. The van der Waals surface area contributed by atoms with E-state index in [9.17, 15) is 14.7 Å². The lowest BCUT2D eigenvalue weighted by Gasteiger charge is -2.35. The third-order valence-electron chi connectivity index (χ3n) is 3.80. The number of rotatable bonds is 3. The van der Waals surface area contributed by atoms with Gasteiger partial charge < -0.3 is 15.3 Å². The monoisotopic (exact) mass is 296 g/mol. The van der Waals surface area contributed by atoms with Gasteiger partial charge in [-0.25, -0.2) is 9.59 Å². The maximum Gasteiger partial charge on any atom is 0.326 e. The number of carbonyl (C=O) groups excluding carboxylic acids is 1. The van der Waals surface area contributed by atoms with E-state index < -0.39 is 12.0 Å². The Bertz CT molecular complexity index is 500. The Hall–Kier alpha value is -1.56. The van der Waals surface area contributed by atoms with E-state index in [2.05, 4.69) is 5.32 Å². The number of hydrogen-bond acceptors (Lipinski definition) is 3. The Balaban J connectivity index is 1.96. The predicted octanol–water partition coefficient (Wildman–Crippen LogP) is 2.45. The SMILES string of the molecule is Cc1cscc1CNC(=O)N1CCC(C)CC1C(=O)O. The average molecular weight is 296 g/mol. The fourth-order valence-electron chi connectivity index (χ4n) is 2.46. The fraction of sp³-hybridized carbons (Fsp3) is 0.571. The second-order valence-electron chi connectivity index (χ2n) is 5.42. The van der Waals surface area contributed by atoms with Gasteiger partial charge >= 0.3 is 12.0 Å². The molecule has 1 saturated heterocycles. The molecule has 20 heavy (non-hydrogen) atoms. The van der Waals surface area contributed by atoms with Crippen LogP contribution in [-0.4, -0.2) is 34.6 Å². The molecule has 0 bridgehead atoms. The number of urea groups is 1. The molecule has 1 aromatic rings. The fourth-order valence-corrected chi connectivity index (χ4v) is 3.32. The first-order valence-electron chi connectivity index (χ1n) is 6.78. The van der Waals surface area contributed by atoms with Crippen molar-refractivity contribution in [2.45, 2.75) is 39.3 Å². The summed E-state index contributed by atoms with van der Waals surface area (Å²) in [6, 6.07) is -0.989. The van der Waals surface area contributed by atoms with Crippen molar-refractivity contribution in [3.63, 3.8) is 0 Å². The van der Waals surface area contributed by atoms with Crippen molar-refractivity contribution in [2.75, 3.05) is 6.54 Å². The van der Waals surface area contributed by atoms with E-state index in [1.165, 1.54) is 4.90 Å². The summed E-state index contributed by atoms with van der Waals surface area (Å²) in [7, 11) is 0. The highest BCUT2D eigenvalue weighted by Gasteiger charge is 2.34. The summed E-state index contributed by atoms with van der Waals surface area (Å²) in [4.78, 5) is 24.9. The van der Waals surface area contributed by atoms with Crippen LogP contribution in [0.15, 0.2) is 10.8 Å². The largest absolute Gasteiger partial charge is 0.480 e. The predicted molar refractivity (Wildman–Crippen MR) is 77.8 cm³/mol. The number of likely N-dealkylation sites (tertiary alicyclic amines) is 1. The molecule has 1 aliphatic rings. The van der Waals surface area contributed by atoms with Crippen molar-refractivity contribution in [1.29, 1.82) is 0 Å². The van der Waals surface area contributed by atoms with Gasteiger partial charge in [0.2, 0.25) is 0 Å². The van der Waals surface area contributed by atoms with Gasteiger partial charge in [-0.05, 0) is 47.6 Å². The highest BCUT2D eigenvalue weighted by Crippen LogP contribution is 2.23. The summed E-state index contributed by atoms with van der Waals surface area (Å²) in [6.45, 7) is 4.99. The van der Waals surface area contributed by atoms with Gasteiger partial charge in [0.15, 0.2) is 0 Å². The number of aryl methyl sites for hydroxylation is 1. The zero-order valence-electron chi connectivity index (χ0n) is 11.8. The molecule has 1 aliphatic heterocycles. The van der Waals surface area contributed by atoms with Gasteiger partial charge in [0.05, 0.1) is 0 Å². The molecule has 0 aromatic carbocycles. The van der Waals surface area contributed by atoms with E-state index in [1.807, 2.05) is 24.6 Å². The summed E-state index contributed by atoms with van der Waals surface area (Å²) in [6.07, 6.45) is 1.38. The zero-order chi connectivity index (χ0) is 14.7. The van der Waals surface area contributed by atoms with Crippen LogP contribution >= 0.6 is 11.3 Å². The lowest BCUT2D eigenvalue weighted by Crippen LogP contribution is -2.53. The van der Waals surface area contributed by atoms with Gasteiger partial charge in [-0.1, -0.05) is 6.92 Å². The summed E-state index contributed by atoms with van der Waals surface area (Å²) < 4.78 is 0. The lowest BCUT2D eigenvalue weighted by molar-refractivity contribution is -0.143. The standard InChI is InChI=1S/C14H20N2O3S/c1-9-3-4-16(12(5-9)13(17)18)14(19)15-6-11-8-20-7-10(11)2/h7-9,12H,3-6H2,1-2H3,(H,15,19)(H,17,18). The van der Waals surface area contributed by atoms with Crippen LogP contribution in [0.2, 0.25) is 0 Å². The van der Waals surface area contributed by atoms with Crippen LogP contribution in [0.1, 0.15) is 30.9 Å². The van der Waals surface area contributed by atoms with Gasteiger partial charge in [-0.3, -0.25) is 0 Å². The van der Waals surface area contributed by atoms with Gasteiger partial charge in [0.1, 0.15) is 6.04 Å². The first-order valence-corrected chi connectivity index (χ1v) is 7.72. The Kier molecular flexibility index (Phi) is 4.65. The topological polar surface area (TPSA) is 69.6 Å². The zero-order valence-corrected chi connectivity index (χ0v) is 12.6. The molecule has 0 spiro atoms. The molecule has 0 radical (unpaired) electrons. The van der Waals surface area contributed by atoms with Gasteiger partial charge in [-0.2, -0.15) is 11.3 Å². The number of carboxylic acids is 1. The van der Waals surface area contributed by atoms with E-state index in [4.69, 9.17) is 0 Å². The number of nitrogens with zero attached hydrogens (tertiary/aromatic N) is 1. The van der Waals surface area contributed by atoms with Crippen molar-refractivity contribution in [3.05, 3.63) is 21.9 Å². The second-order valence-corrected chi connectivity index (χ2v) is 6.16. The minimum Gasteiger partial charge on any atom is -0.480 e. The number of aliphatic carboxylic acids is 1. The minimum absolute atomic E-state index is 0.282. The third-order valence-corrected chi connectivity index (χ3v) is 4.71. The highest BCUT2D eigenvalue weighted by molar-refractivity contribution is 7.08. The number of amides is 2. The van der Waals surface area contributed by atoms with Gasteiger partial charge in [0, 0.05) is 13.1 Å². The van der Waals surface area contributed by atoms with E-state index in [-0.39, 0.29) is 6.03 Å². The van der Waals surface area contributed by atoms with Crippen LogP contribution in [0.3, 0.4) is 0 Å².